The Morgan fingerprint density at radius 2 is 1.86 bits per heavy atom. The lowest BCUT2D eigenvalue weighted by atomic mass is 10.0. The van der Waals surface area contributed by atoms with Crippen molar-refractivity contribution in [2.45, 2.75) is 36.3 Å². The number of rotatable bonds is 6. The molecule has 0 radical (unpaired) electrons. The molecule has 0 unspecified atom stereocenters. The van der Waals surface area contributed by atoms with Crippen LogP contribution in [0.25, 0.3) is 0 Å². The van der Waals surface area contributed by atoms with Crippen LogP contribution in [0.2, 0.25) is 0 Å². The number of carbonyl (C=O) groups excluding carboxylic acids is 1. The van der Waals surface area contributed by atoms with Gasteiger partial charge in [0, 0.05) is 47.9 Å². The lowest BCUT2D eigenvalue weighted by Crippen LogP contribution is -2.36. The zero-order valence-corrected chi connectivity index (χ0v) is 17.8. The number of ether oxygens (including phenoxy) is 2. The minimum absolute atomic E-state index is 0.0854. The predicted molar refractivity (Wildman–Crippen MR) is 113 cm³/mol. The molecule has 1 heterocycles. The summed E-state index contributed by atoms with van der Waals surface area (Å²) in [5.41, 5.74) is 4.88. The van der Waals surface area contributed by atoms with E-state index in [0.29, 0.717) is 12.1 Å². The molecule has 148 valence electrons. The van der Waals surface area contributed by atoms with Gasteiger partial charge >= 0.3 is 0 Å². The first-order valence-corrected chi connectivity index (χ1v) is 10.1. The van der Waals surface area contributed by atoms with Crippen molar-refractivity contribution >= 4 is 29.1 Å². The maximum Gasteiger partial charge on any atom is 0.253 e. The van der Waals surface area contributed by atoms with E-state index < -0.39 is 6.29 Å². The fraction of sp³-hybridized carbons (Fsp3) is 0.364. The van der Waals surface area contributed by atoms with Crippen LogP contribution in [-0.4, -0.2) is 50.6 Å². The van der Waals surface area contributed by atoms with Crippen molar-refractivity contribution in [3.8, 4) is 0 Å². The van der Waals surface area contributed by atoms with Crippen molar-refractivity contribution < 1.29 is 14.3 Å². The van der Waals surface area contributed by atoms with Crippen molar-refractivity contribution in [1.82, 2.24) is 4.90 Å². The van der Waals surface area contributed by atoms with E-state index in [1.165, 1.54) is 16.0 Å². The molecular formula is C22H26N2O3S. The van der Waals surface area contributed by atoms with Gasteiger partial charge in [0.2, 0.25) is 0 Å². The Balaban J connectivity index is 1.94. The summed E-state index contributed by atoms with van der Waals surface area (Å²) >= 11 is 1.70. The molecule has 0 saturated heterocycles. The van der Waals surface area contributed by atoms with Gasteiger partial charge in [-0.25, -0.2) is 0 Å². The van der Waals surface area contributed by atoms with Crippen molar-refractivity contribution in [1.29, 1.82) is 0 Å². The summed E-state index contributed by atoms with van der Waals surface area (Å²) in [5.74, 6) is -0.0854. The summed E-state index contributed by atoms with van der Waals surface area (Å²) in [6.07, 6.45) is 0.380. The number of aliphatic imine (C=N–C) groups is 1. The van der Waals surface area contributed by atoms with E-state index in [2.05, 4.69) is 32.0 Å². The van der Waals surface area contributed by atoms with E-state index in [0.717, 1.165) is 22.7 Å². The first-order chi connectivity index (χ1) is 13.5. The Bertz CT molecular complexity index is 907. The zero-order chi connectivity index (χ0) is 20.3. The van der Waals surface area contributed by atoms with Crippen LogP contribution >= 0.6 is 11.8 Å². The normalized spacial score (nSPS) is 12.9. The van der Waals surface area contributed by atoms with Crippen LogP contribution in [0.15, 0.2) is 51.2 Å². The van der Waals surface area contributed by atoms with Gasteiger partial charge < -0.3 is 14.4 Å². The lowest BCUT2D eigenvalue weighted by molar-refractivity contribution is -0.110. The van der Waals surface area contributed by atoms with Crippen LogP contribution in [0.3, 0.4) is 0 Å². The summed E-state index contributed by atoms with van der Waals surface area (Å²) in [5, 5.41) is 0. The van der Waals surface area contributed by atoms with Crippen LogP contribution < -0.4 is 0 Å². The average Bonchev–Trinajstić information content (AvgIpc) is 2.86. The fourth-order valence-electron chi connectivity index (χ4n) is 3.15. The van der Waals surface area contributed by atoms with Crippen LogP contribution in [0.1, 0.15) is 34.8 Å². The number of aryl methyl sites for hydroxylation is 1. The minimum Gasteiger partial charge on any atom is -0.354 e. The monoisotopic (exact) mass is 398 g/mol. The number of nitrogens with zero attached hydrogens (tertiary/aromatic N) is 2. The third-order valence-corrected chi connectivity index (χ3v) is 5.90. The Morgan fingerprint density at radius 1 is 1.14 bits per heavy atom. The van der Waals surface area contributed by atoms with Crippen molar-refractivity contribution in [2.24, 2.45) is 4.99 Å². The molecule has 2 aromatic rings. The van der Waals surface area contributed by atoms with Gasteiger partial charge in [0.15, 0.2) is 6.29 Å². The molecule has 28 heavy (non-hydrogen) atoms. The van der Waals surface area contributed by atoms with E-state index >= 15 is 0 Å². The second-order valence-corrected chi connectivity index (χ2v) is 7.87. The summed E-state index contributed by atoms with van der Waals surface area (Å²) in [4.78, 5) is 21.6. The molecule has 0 saturated carbocycles. The van der Waals surface area contributed by atoms with E-state index in [9.17, 15) is 4.79 Å². The second-order valence-electron chi connectivity index (χ2n) is 6.78. The third kappa shape index (κ3) is 4.29. The smallest absolute Gasteiger partial charge is 0.253 e. The van der Waals surface area contributed by atoms with E-state index in [1.54, 1.807) is 37.9 Å². The number of hydrogen-bond donors (Lipinski definition) is 0. The number of fused-ring (bicyclic) bond motifs is 2. The van der Waals surface area contributed by atoms with Gasteiger partial charge in [0.25, 0.3) is 5.91 Å². The lowest BCUT2D eigenvalue weighted by Gasteiger charge is -2.22. The molecule has 6 heteroatoms. The highest BCUT2D eigenvalue weighted by Gasteiger charge is 2.21. The molecule has 0 aromatic heterocycles. The molecular weight excluding hydrogens is 372 g/mol. The zero-order valence-electron chi connectivity index (χ0n) is 17.0. The Labute approximate surface area is 170 Å². The van der Waals surface area contributed by atoms with Crippen LogP contribution in [0.5, 0.6) is 0 Å². The molecule has 0 N–H and O–H groups in total. The molecule has 0 spiro atoms. The highest BCUT2D eigenvalue weighted by molar-refractivity contribution is 7.99. The topological polar surface area (TPSA) is 51.1 Å². The number of benzene rings is 2. The first kappa shape index (κ1) is 20.6. The number of amides is 1. The molecule has 1 aliphatic heterocycles. The van der Waals surface area contributed by atoms with Crippen molar-refractivity contribution in [3.63, 3.8) is 0 Å². The number of methoxy groups -OCH3 is 2. The van der Waals surface area contributed by atoms with Gasteiger partial charge in [0.05, 0.1) is 12.2 Å². The third-order valence-electron chi connectivity index (χ3n) is 4.76. The maximum atomic E-state index is 12.9. The standard InChI is InChI=1S/C22H26N2O3S/c1-6-17-16-11-14(2)7-9-19(16)28-20-10-8-15(12-18(20)23-17)22(25)24(3)13-21(26-4)27-5/h7-12,21H,6,13H2,1-5H3. The summed E-state index contributed by atoms with van der Waals surface area (Å²) in [7, 11) is 4.87. The summed E-state index contributed by atoms with van der Waals surface area (Å²) < 4.78 is 10.4. The van der Waals surface area contributed by atoms with Gasteiger partial charge in [-0.2, -0.15) is 0 Å². The SMILES string of the molecule is CCC1=Nc2cc(C(=O)N(C)CC(OC)OC)ccc2Sc2ccc(C)cc21. The van der Waals surface area contributed by atoms with E-state index in [-0.39, 0.29) is 5.91 Å². The molecule has 5 nitrogen and oxygen atoms in total. The molecule has 0 bridgehead atoms. The molecule has 1 aliphatic rings. The van der Waals surface area contributed by atoms with Crippen LogP contribution in [0.4, 0.5) is 5.69 Å². The molecule has 1 amide bonds. The van der Waals surface area contributed by atoms with Gasteiger partial charge in [-0.3, -0.25) is 9.79 Å². The fourth-order valence-corrected chi connectivity index (χ4v) is 4.15. The van der Waals surface area contributed by atoms with E-state index in [1.807, 2.05) is 18.2 Å². The van der Waals surface area contributed by atoms with Crippen LogP contribution in [-0.2, 0) is 9.47 Å². The quantitative estimate of drug-likeness (QED) is 0.663. The van der Waals surface area contributed by atoms with Crippen LogP contribution in [0, 0.1) is 6.92 Å². The molecule has 0 fully saturated rings. The largest absolute Gasteiger partial charge is 0.354 e. The minimum atomic E-state index is -0.451. The highest BCUT2D eigenvalue weighted by atomic mass is 32.2. The number of hydrogen-bond acceptors (Lipinski definition) is 5. The van der Waals surface area contributed by atoms with E-state index in [4.69, 9.17) is 14.5 Å². The summed E-state index contributed by atoms with van der Waals surface area (Å²) in [6, 6.07) is 12.2. The highest BCUT2D eigenvalue weighted by Crippen LogP contribution is 2.41. The van der Waals surface area contributed by atoms with Gasteiger partial charge in [-0.05, 0) is 43.7 Å². The molecule has 3 rings (SSSR count). The predicted octanol–water partition coefficient (Wildman–Crippen LogP) is 4.68. The first-order valence-electron chi connectivity index (χ1n) is 9.28. The van der Waals surface area contributed by atoms with Crippen molar-refractivity contribution in [3.05, 3.63) is 53.1 Å². The Hall–Kier alpha value is -2.15. The molecule has 2 aromatic carbocycles. The van der Waals surface area contributed by atoms with Gasteiger partial charge in [-0.1, -0.05) is 30.3 Å². The maximum absolute atomic E-state index is 12.9. The van der Waals surface area contributed by atoms with Crippen molar-refractivity contribution in [2.75, 3.05) is 27.8 Å². The molecule has 0 aliphatic carbocycles. The van der Waals surface area contributed by atoms with Gasteiger partial charge in [-0.15, -0.1) is 0 Å². The number of likely N-dealkylation sites (N-methyl/N-ethyl adjacent to an activating group) is 1. The van der Waals surface area contributed by atoms with Gasteiger partial charge in [0.1, 0.15) is 0 Å². The Kier molecular flexibility index (Phi) is 6.54. The second kappa shape index (κ2) is 8.90. The average molecular weight is 399 g/mol. The molecule has 0 atom stereocenters. The Morgan fingerprint density at radius 3 is 2.54 bits per heavy atom. The summed E-state index contributed by atoms with van der Waals surface area (Å²) in [6.45, 7) is 4.56. The number of carbonyl (C=O) groups is 1.